The van der Waals surface area contributed by atoms with E-state index in [1.807, 2.05) is 27.7 Å². The van der Waals surface area contributed by atoms with Gasteiger partial charge in [-0.1, -0.05) is 0 Å². The van der Waals surface area contributed by atoms with Gasteiger partial charge in [-0.2, -0.15) is 0 Å². The first kappa shape index (κ1) is 34.0. The first-order chi connectivity index (χ1) is 22.4. The number of amides is 1. The van der Waals surface area contributed by atoms with E-state index in [9.17, 15) is 17.6 Å². The Kier molecular flexibility index (Phi) is 10.1. The average molecular weight is 675 g/mol. The van der Waals surface area contributed by atoms with E-state index >= 15 is 0 Å². The van der Waals surface area contributed by atoms with E-state index in [2.05, 4.69) is 24.5 Å². The number of piperidine rings is 1. The molecule has 0 bridgehead atoms. The maximum Gasteiger partial charge on any atom is 0.258 e. The van der Waals surface area contributed by atoms with Crippen LogP contribution in [0.3, 0.4) is 0 Å². The van der Waals surface area contributed by atoms with Crippen molar-refractivity contribution in [2.24, 2.45) is 5.41 Å². The van der Waals surface area contributed by atoms with E-state index < -0.39 is 21.1 Å². The summed E-state index contributed by atoms with van der Waals surface area (Å²) in [5.41, 5.74) is 0.351. The molecular weight excluding hydrogens is 627 g/mol. The number of hydrogen-bond donors (Lipinski definition) is 1. The van der Waals surface area contributed by atoms with Crippen LogP contribution in [0.5, 0.6) is 11.5 Å². The standard InChI is InChI=1S/C33H47FN6O6S/c1-22(2)40(23(3)4)32(41)28-13-24(34)5-8-29(28)46-30-14-35-21-36-31(30)39-19-33(20-39)9-11-38(12-10-33)15-26-7-6-25(16-45-26)37-47(42,43)27-17-44-18-27/h5,8,13-14,21-23,25-27,37H,6-7,9-12,15-20H2,1-4H3/t25-,26+/m1/s1. The number of halogens is 1. The molecule has 0 unspecified atom stereocenters. The van der Waals surface area contributed by atoms with Crippen LogP contribution < -0.4 is 14.4 Å². The lowest BCUT2D eigenvalue weighted by atomic mass is 9.72. The molecule has 4 aliphatic heterocycles. The molecule has 4 saturated heterocycles. The van der Waals surface area contributed by atoms with Gasteiger partial charge in [-0.3, -0.25) is 4.79 Å². The Balaban J connectivity index is 1.02. The molecule has 0 saturated carbocycles. The second-order valence-electron chi connectivity index (χ2n) is 14.1. The number of carbonyl (C=O) groups is 1. The molecule has 258 valence electrons. The van der Waals surface area contributed by atoms with Crippen molar-refractivity contribution in [3.63, 3.8) is 0 Å². The average Bonchev–Trinajstić information content (AvgIpc) is 2.97. The largest absolute Gasteiger partial charge is 0.451 e. The highest BCUT2D eigenvalue weighted by Gasteiger charge is 2.46. The van der Waals surface area contributed by atoms with Gasteiger partial charge in [0, 0.05) is 43.2 Å². The summed E-state index contributed by atoms with van der Waals surface area (Å²) in [6.45, 7) is 13.2. The quantitative estimate of drug-likeness (QED) is 0.379. The second kappa shape index (κ2) is 13.9. The maximum absolute atomic E-state index is 14.4. The Labute approximate surface area is 277 Å². The highest BCUT2D eigenvalue weighted by Crippen LogP contribution is 2.45. The molecule has 0 aliphatic carbocycles. The third kappa shape index (κ3) is 7.56. The summed E-state index contributed by atoms with van der Waals surface area (Å²) >= 11 is 0. The van der Waals surface area contributed by atoms with Gasteiger partial charge in [0.05, 0.1) is 37.7 Å². The van der Waals surface area contributed by atoms with Crippen LogP contribution in [0.15, 0.2) is 30.7 Å². The van der Waals surface area contributed by atoms with Crippen LogP contribution in [0.1, 0.15) is 63.7 Å². The number of likely N-dealkylation sites (tertiary alicyclic amines) is 1. The Morgan fingerprint density at radius 1 is 1.11 bits per heavy atom. The van der Waals surface area contributed by atoms with Crippen LogP contribution in [-0.4, -0.2) is 116 Å². The van der Waals surface area contributed by atoms with Crippen LogP contribution >= 0.6 is 0 Å². The van der Waals surface area contributed by atoms with E-state index in [0.717, 1.165) is 58.4 Å². The molecular formula is C33H47FN6O6S. The van der Waals surface area contributed by atoms with Crippen molar-refractivity contribution in [2.75, 3.05) is 57.4 Å². The molecule has 0 radical (unpaired) electrons. The number of aromatic nitrogens is 2. The molecule has 5 heterocycles. The lowest BCUT2D eigenvalue weighted by molar-refractivity contribution is -0.0302. The van der Waals surface area contributed by atoms with Crippen molar-refractivity contribution in [3.05, 3.63) is 42.1 Å². The summed E-state index contributed by atoms with van der Waals surface area (Å²) in [5, 5.41) is -0.444. The number of ether oxygens (including phenoxy) is 3. The van der Waals surface area contributed by atoms with Crippen molar-refractivity contribution >= 4 is 21.7 Å². The molecule has 4 fully saturated rings. The summed E-state index contributed by atoms with van der Waals surface area (Å²) in [6.07, 6.45) is 6.90. The van der Waals surface area contributed by atoms with E-state index in [4.69, 9.17) is 14.2 Å². The van der Waals surface area contributed by atoms with Gasteiger partial charge < -0.3 is 28.9 Å². The zero-order valence-corrected chi connectivity index (χ0v) is 28.5. The minimum Gasteiger partial charge on any atom is -0.451 e. The molecule has 14 heteroatoms. The Bertz CT molecular complexity index is 1510. The van der Waals surface area contributed by atoms with Gasteiger partial charge in [-0.05, 0) is 84.7 Å². The predicted octanol–water partition coefficient (Wildman–Crippen LogP) is 3.44. The molecule has 1 aromatic heterocycles. The van der Waals surface area contributed by atoms with Gasteiger partial charge >= 0.3 is 0 Å². The van der Waals surface area contributed by atoms with Crippen molar-refractivity contribution < 1.29 is 31.8 Å². The van der Waals surface area contributed by atoms with Crippen molar-refractivity contribution in [2.45, 2.75) is 82.9 Å². The summed E-state index contributed by atoms with van der Waals surface area (Å²) in [7, 11) is -3.35. The van der Waals surface area contributed by atoms with Gasteiger partial charge in [-0.15, -0.1) is 0 Å². The molecule has 6 rings (SSSR count). The first-order valence-corrected chi connectivity index (χ1v) is 18.3. The Hall–Kier alpha value is -2.91. The summed E-state index contributed by atoms with van der Waals surface area (Å²) < 4.78 is 59.4. The monoisotopic (exact) mass is 674 g/mol. The zero-order chi connectivity index (χ0) is 33.3. The third-order valence-electron chi connectivity index (χ3n) is 9.88. The molecule has 1 N–H and O–H groups in total. The van der Waals surface area contributed by atoms with Crippen LogP contribution in [0.2, 0.25) is 0 Å². The highest BCUT2D eigenvalue weighted by molar-refractivity contribution is 7.90. The molecule has 1 aromatic carbocycles. The Morgan fingerprint density at radius 2 is 1.83 bits per heavy atom. The fourth-order valence-electron chi connectivity index (χ4n) is 7.19. The van der Waals surface area contributed by atoms with Gasteiger partial charge in [0.1, 0.15) is 23.1 Å². The van der Waals surface area contributed by atoms with Crippen LogP contribution in [0.4, 0.5) is 10.2 Å². The number of benzene rings is 1. The number of anilines is 1. The lowest BCUT2D eigenvalue weighted by Crippen LogP contribution is -2.61. The topological polar surface area (TPSA) is 126 Å². The molecule has 1 amide bonds. The molecule has 47 heavy (non-hydrogen) atoms. The maximum atomic E-state index is 14.4. The summed E-state index contributed by atoms with van der Waals surface area (Å²) in [4.78, 5) is 28.6. The number of rotatable bonds is 11. The van der Waals surface area contributed by atoms with E-state index in [0.29, 0.717) is 18.2 Å². The van der Waals surface area contributed by atoms with Gasteiger partial charge in [0.25, 0.3) is 5.91 Å². The number of hydrogen-bond acceptors (Lipinski definition) is 10. The zero-order valence-electron chi connectivity index (χ0n) is 27.7. The number of sulfonamides is 1. The van der Waals surface area contributed by atoms with Gasteiger partial charge in [0.2, 0.25) is 10.0 Å². The Morgan fingerprint density at radius 3 is 2.45 bits per heavy atom. The molecule has 12 nitrogen and oxygen atoms in total. The number of nitrogens with one attached hydrogen (secondary N) is 1. The lowest BCUT2D eigenvalue weighted by Gasteiger charge is -2.54. The third-order valence-corrected chi connectivity index (χ3v) is 11.7. The van der Waals surface area contributed by atoms with Crippen molar-refractivity contribution in [1.82, 2.24) is 24.5 Å². The van der Waals surface area contributed by atoms with Crippen LogP contribution in [0, 0.1) is 11.2 Å². The summed E-state index contributed by atoms with van der Waals surface area (Å²) in [6, 6.07) is 3.70. The fraction of sp³-hybridized carbons (Fsp3) is 0.667. The van der Waals surface area contributed by atoms with Gasteiger partial charge in [0.15, 0.2) is 11.6 Å². The number of carbonyl (C=O) groups excluding carboxylic acids is 1. The van der Waals surface area contributed by atoms with Crippen molar-refractivity contribution in [1.29, 1.82) is 0 Å². The molecule has 2 atom stereocenters. The van der Waals surface area contributed by atoms with E-state index in [-0.39, 0.29) is 60.1 Å². The van der Waals surface area contributed by atoms with Crippen LogP contribution in [0.25, 0.3) is 0 Å². The molecule has 2 aromatic rings. The molecule has 4 aliphatic rings. The minimum absolute atomic E-state index is 0.0681. The predicted molar refractivity (Wildman–Crippen MR) is 175 cm³/mol. The van der Waals surface area contributed by atoms with Crippen molar-refractivity contribution in [3.8, 4) is 11.5 Å². The first-order valence-electron chi connectivity index (χ1n) is 16.7. The SMILES string of the molecule is CC(C)N(C(=O)c1cc(F)ccc1Oc1cncnc1N1CC2(CCN(C[C@@H]3CC[C@@H](NS(=O)(=O)C4COC4)CO3)CC2)C1)C(C)C. The smallest absolute Gasteiger partial charge is 0.258 e. The fourth-order valence-corrected chi connectivity index (χ4v) is 8.59. The van der Waals surface area contributed by atoms with E-state index in [1.54, 1.807) is 11.1 Å². The number of nitrogens with zero attached hydrogens (tertiary/aromatic N) is 5. The van der Waals surface area contributed by atoms with E-state index in [1.165, 1.54) is 24.5 Å². The molecule has 1 spiro atoms. The van der Waals surface area contributed by atoms with Crippen LogP contribution in [-0.2, 0) is 19.5 Å². The minimum atomic E-state index is -3.35. The normalized spacial score (nSPS) is 23.5. The second-order valence-corrected chi connectivity index (χ2v) is 16.1. The highest BCUT2D eigenvalue weighted by atomic mass is 32.2. The summed E-state index contributed by atoms with van der Waals surface area (Å²) in [5.74, 6) is 0.558. The van der Waals surface area contributed by atoms with Gasteiger partial charge in [-0.25, -0.2) is 27.5 Å².